The maximum absolute atomic E-state index is 2.85. The Morgan fingerprint density at radius 3 is 1.85 bits per heavy atom. The summed E-state index contributed by atoms with van der Waals surface area (Å²) in [6.45, 7) is 15.4. The van der Waals surface area contributed by atoms with E-state index in [-0.39, 0.29) is 0 Å². The summed E-state index contributed by atoms with van der Waals surface area (Å²) in [6.07, 6.45) is 15.1. The van der Waals surface area contributed by atoms with Gasteiger partial charge in [0, 0.05) is 6.54 Å². The zero-order valence-electron chi connectivity index (χ0n) is 17.9. The molecular weight excluding hydrogens is 316 g/mol. The van der Waals surface area contributed by atoms with Crippen LogP contribution < -0.4 is 0 Å². The molecule has 4 rings (SSSR count). The third-order valence-electron chi connectivity index (χ3n) is 9.27. The van der Waals surface area contributed by atoms with E-state index in [1.165, 1.54) is 90.6 Å². The average molecular weight is 361 g/mol. The van der Waals surface area contributed by atoms with Gasteiger partial charge in [-0.1, -0.05) is 20.8 Å². The highest BCUT2D eigenvalue weighted by atomic mass is 15.1. The number of likely N-dealkylation sites (tertiary alicyclic amines) is 2. The van der Waals surface area contributed by atoms with Crippen molar-refractivity contribution in [1.82, 2.24) is 9.80 Å². The lowest BCUT2D eigenvalue weighted by Gasteiger charge is -2.54. The highest BCUT2D eigenvalue weighted by molar-refractivity contribution is 4.98. The first-order valence-corrected chi connectivity index (χ1v) is 12.0. The van der Waals surface area contributed by atoms with Crippen LogP contribution in [0.1, 0.15) is 85.0 Å². The first-order chi connectivity index (χ1) is 12.5. The molecule has 0 aromatic carbocycles. The van der Waals surface area contributed by atoms with Crippen LogP contribution in [0.3, 0.4) is 0 Å². The van der Waals surface area contributed by atoms with Gasteiger partial charge in [0.15, 0.2) is 0 Å². The van der Waals surface area contributed by atoms with Crippen LogP contribution in [0.15, 0.2) is 0 Å². The fourth-order valence-corrected chi connectivity index (χ4v) is 7.04. The zero-order valence-corrected chi connectivity index (χ0v) is 17.9. The molecule has 0 amide bonds. The van der Waals surface area contributed by atoms with Crippen LogP contribution in [0.4, 0.5) is 0 Å². The predicted molar refractivity (Wildman–Crippen MR) is 111 cm³/mol. The van der Waals surface area contributed by atoms with E-state index in [2.05, 4.69) is 30.6 Å². The number of piperidine rings is 2. The second kappa shape index (κ2) is 7.74. The number of hydrogen-bond donors (Lipinski definition) is 0. The number of hydrogen-bond acceptors (Lipinski definition) is 2. The molecule has 2 aliphatic heterocycles. The van der Waals surface area contributed by atoms with Crippen LogP contribution in [0.25, 0.3) is 0 Å². The molecule has 0 bridgehead atoms. The summed E-state index contributed by atoms with van der Waals surface area (Å²) in [5.41, 5.74) is 1.51. The largest absolute Gasteiger partial charge is 0.304 e. The topological polar surface area (TPSA) is 6.48 Å². The van der Waals surface area contributed by atoms with Gasteiger partial charge in [-0.05, 0) is 126 Å². The van der Waals surface area contributed by atoms with Gasteiger partial charge in [-0.15, -0.1) is 0 Å². The Morgan fingerprint density at radius 1 is 0.769 bits per heavy atom. The molecule has 26 heavy (non-hydrogen) atoms. The van der Waals surface area contributed by atoms with Crippen molar-refractivity contribution in [3.8, 4) is 0 Å². The summed E-state index contributed by atoms with van der Waals surface area (Å²) in [4.78, 5) is 5.50. The lowest BCUT2D eigenvalue weighted by molar-refractivity contribution is -0.0358. The average Bonchev–Trinajstić information content (AvgIpc) is 2.63. The third-order valence-corrected chi connectivity index (χ3v) is 9.27. The minimum Gasteiger partial charge on any atom is -0.304 e. The smallest absolute Gasteiger partial charge is 0.00101 e. The molecule has 150 valence electrons. The molecular formula is C24H44N2. The van der Waals surface area contributed by atoms with E-state index in [1.54, 1.807) is 12.8 Å². The van der Waals surface area contributed by atoms with E-state index in [0.29, 0.717) is 0 Å². The Balaban J connectivity index is 1.17. The molecule has 0 unspecified atom stereocenters. The van der Waals surface area contributed by atoms with Crippen LogP contribution >= 0.6 is 0 Å². The lowest BCUT2D eigenvalue weighted by Crippen LogP contribution is -2.51. The van der Waals surface area contributed by atoms with Gasteiger partial charge in [-0.25, -0.2) is 0 Å². The van der Waals surface area contributed by atoms with Gasteiger partial charge in [-0.3, -0.25) is 0 Å². The normalized spacial score (nSPS) is 30.9. The Hall–Kier alpha value is -0.0800. The lowest BCUT2D eigenvalue weighted by atomic mass is 9.57. The summed E-state index contributed by atoms with van der Waals surface area (Å²) in [7, 11) is 0. The van der Waals surface area contributed by atoms with E-state index in [1.807, 2.05) is 0 Å². The Labute approximate surface area is 163 Å². The van der Waals surface area contributed by atoms with Gasteiger partial charge in [0.05, 0.1) is 0 Å². The Kier molecular flexibility index (Phi) is 5.73. The zero-order chi connectivity index (χ0) is 18.2. The molecule has 2 saturated carbocycles. The van der Waals surface area contributed by atoms with Crippen molar-refractivity contribution in [2.75, 3.05) is 39.3 Å². The van der Waals surface area contributed by atoms with E-state index in [9.17, 15) is 0 Å². The van der Waals surface area contributed by atoms with Crippen LogP contribution in [0.2, 0.25) is 0 Å². The summed E-state index contributed by atoms with van der Waals surface area (Å²) < 4.78 is 0. The van der Waals surface area contributed by atoms with Crippen molar-refractivity contribution in [3.05, 3.63) is 0 Å². The van der Waals surface area contributed by atoms with Crippen LogP contribution in [-0.4, -0.2) is 49.1 Å². The number of nitrogens with zero attached hydrogens (tertiary/aromatic N) is 2. The molecule has 0 atom stereocenters. The molecule has 2 heterocycles. The highest BCUT2D eigenvalue weighted by Gasteiger charge is 2.46. The molecule has 0 N–H and O–H groups in total. The fourth-order valence-electron chi connectivity index (χ4n) is 7.04. The minimum atomic E-state index is 0.746. The molecule has 0 aromatic heterocycles. The summed E-state index contributed by atoms with van der Waals surface area (Å²) in [5.74, 6) is 2.94. The molecule has 0 aromatic rings. The van der Waals surface area contributed by atoms with Crippen LogP contribution in [0.5, 0.6) is 0 Å². The van der Waals surface area contributed by atoms with Gasteiger partial charge < -0.3 is 9.80 Å². The van der Waals surface area contributed by atoms with Gasteiger partial charge in [-0.2, -0.15) is 0 Å². The van der Waals surface area contributed by atoms with Gasteiger partial charge in [0.1, 0.15) is 0 Å². The van der Waals surface area contributed by atoms with Crippen LogP contribution in [0, 0.1) is 28.6 Å². The standard InChI is InChI=1S/C24H44N2/c1-4-25-13-11-24(12-14-25)17-21(18-24)19-26-15-9-23(10-16-26)7-5-22(6-8-23)20(2)3/h20-22H,4-19H2,1-3H3. The number of rotatable bonds is 4. The molecule has 4 aliphatic rings. The first kappa shape index (κ1) is 19.2. The van der Waals surface area contributed by atoms with Crippen molar-refractivity contribution in [1.29, 1.82) is 0 Å². The van der Waals surface area contributed by atoms with E-state index in [4.69, 9.17) is 0 Å². The second-order valence-electron chi connectivity index (χ2n) is 11.1. The molecule has 2 aliphatic carbocycles. The fraction of sp³-hybridized carbons (Fsp3) is 1.00. The van der Waals surface area contributed by atoms with E-state index >= 15 is 0 Å². The summed E-state index contributed by atoms with van der Waals surface area (Å²) >= 11 is 0. The minimum absolute atomic E-state index is 0.746. The van der Waals surface area contributed by atoms with Crippen molar-refractivity contribution >= 4 is 0 Å². The van der Waals surface area contributed by atoms with Crippen molar-refractivity contribution in [3.63, 3.8) is 0 Å². The molecule has 0 radical (unpaired) electrons. The van der Waals surface area contributed by atoms with Crippen molar-refractivity contribution in [2.24, 2.45) is 28.6 Å². The summed E-state index contributed by atoms with van der Waals surface area (Å²) in [5, 5.41) is 0. The van der Waals surface area contributed by atoms with Gasteiger partial charge >= 0.3 is 0 Å². The molecule has 2 nitrogen and oxygen atoms in total. The van der Waals surface area contributed by atoms with Crippen LogP contribution in [-0.2, 0) is 0 Å². The molecule has 2 heteroatoms. The second-order valence-corrected chi connectivity index (χ2v) is 11.1. The molecule has 2 spiro atoms. The maximum atomic E-state index is 2.85. The molecule has 2 saturated heterocycles. The SMILES string of the molecule is CCN1CCC2(CC1)CC(CN1CCC3(CCC(C(C)C)CC3)CC1)C2. The first-order valence-electron chi connectivity index (χ1n) is 12.0. The Bertz CT molecular complexity index is 437. The third kappa shape index (κ3) is 4.02. The Morgan fingerprint density at radius 2 is 1.31 bits per heavy atom. The quantitative estimate of drug-likeness (QED) is 0.660. The van der Waals surface area contributed by atoms with E-state index < -0.39 is 0 Å². The van der Waals surface area contributed by atoms with E-state index in [0.717, 1.165) is 28.6 Å². The monoisotopic (exact) mass is 360 g/mol. The van der Waals surface area contributed by atoms with Crippen molar-refractivity contribution in [2.45, 2.75) is 85.0 Å². The maximum Gasteiger partial charge on any atom is 0.00101 e. The van der Waals surface area contributed by atoms with Gasteiger partial charge in [0.25, 0.3) is 0 Å². The van der Waals surface area contributed by atoms with Crippen molar-refractivity contribution < 1.29 is 0 Å². The highest BCUT2D eigenvalue weighted by Crippen LogP contribution is 2.53. The predicted octanol–water partition coefficient (Wildman–Crippen LogP) is 5.43. The molecule has 4 fully saturated rings. The van der Waals surface area contributed by atoms with Gasteiger partial charge in [0.2, 0.25) is 0 Å². The summed E-state index contributed by atoms with van der Waals surface area (Å²) in [6, 6.07) is 0.